The van der Waals surface area contributed by atoms with Crippen LogP contribution in [0.1, 0.15) is 28.2 Å². The number of rotatable bonds is 6. The van der Waals surface area contributed by atoms with Crippen LogP contribution < -0.4 is 5.32 Å². The molecule has 0 radical (unpaired) electrons. The minimum absolute atomic E-state index is 0.0227. The highest BCUT2D eigenvalue weighted by atomic mass is 35.5. The maximum absolute atomic E-state index is 10.1. The van der Waals surface area contributed by atoms with Gasteiger partial charge in [0.15, 0.2) is 0 Å². The van der Waals surface area contributed by atoms with Gasteiger partial charge in [0.25, 0.3) is 0 Å². The summed E-state index contributed by atoms with van der Waals surface area (Å²) in [7, 11) is 0. The van der Waals surface area contributed by atoms with Crippen molar-refractivity contribution in [2.75, 3.05) is 11.9 Å². The van der Waals surface area contributed by atoms with E-state index in [0.29, 0.717) is 12.4 Å². The molecular weight excluding hydrogens is 456 g/mol. The van der Waals surface area contributed by atoms with Crippen LogP contribution in [0.5, 0.6) is 0 Å². The van der Waals surface area contributed by atoms with Crippen LogP contribution in [-0.2, 0) is 12.8 Å². The zero-order chi connectivity index (χ0) is 23.8. The average molecular weight is 481 g/mol. The molecule has 1 aliphatic rings. The van der Waals surface area contributed by atoms with Gasteiger partial charge in [-0.1, -0.05) is 72.3 Å². The second-order valence-electron chi connectivity index (χ2n) is 9.02. The smallest absolute Gasteiger partial charge is 0.223 e. The van der Waals surface area contributed by atoms with E-state index in [2.05, 4.69) is 51.7 Å². The fraction of sp³-hybridized carbons (Fsp3) is 0.172. The molecule has 0 amide bonds. The van der Waals surface area contributed by atoms with Gasteiger partial charge in [-0.05, 0) is 47.2 Å². The molecule has 3 N–H and O–H groups in total. The Balaban J connectivity index is 1.30. The standard InChI is InChI=1S/C29H25ClN4O/c30-26-11-5-3-9-23(26)25-14-19-16-32-29(34-28(19)24-10-2-1-8-22(24)25)33-20(17-35)13-18-15-31-27-12-6-4-7-21(18)27/h1-12,15-16,20,25,31,35H,13-14,17H2,(H,32,33,34). The molecule has 2 unspecified atom stereocenters. The van der Waals surface area contributed by atoms with Gasteiger partial charge >= 0.3 is 0 Å². The third-order valence-electron chi connectivity index (χ3n) is 6.86. The summed E-state index contributed by atoms with van der Waals surface area (Å²) in [6.07, 6.45) is 5.36. The Labute approximate surface area is 208 Å². The van der Waals surface area contributed by atoms with Gasteiger partial charge in [-0.15, -0.1) is 0 Å². The van der Waals surface area contributed by atoms with E-state index in [4.69, 9.17) is 16.6 Å². The van der Waals surface area contributed by atoms with E-state index >= 15 is 0 Å². The highest BCUT2D eigenvalue weighted by Crippen LogP contribution is 2.43. The van der Waals surface area contributed by atoms with Crippen molar-refractivity contribution >= 4 is 28.5 Å². The van der Waals surface area contributed by atoms with Gasteiger partial charge in [-0.2, -0.15) is 0 Å². The van der Waals surface area contributed by atoms with E-state index in [1.165, 1.54) is 10.9 Å². The average Bonchev–Trinajstić information content (AvgIpc) is 3.31. The first-order valence-corrected chi connectivity index (χ1v) is 12.2. The lowest BCUT2D eigenvalue weighted by atomic mass is 9.78. The molecule has 5 nitrogen and oxygen atoms in total. The molecule has 5 aromatic rings. The van der Waals surface area contributed by atoms with E-state index in [-0.39, 0.29) is 18.6 Å². The number of nitrogens with zero attached hydrogens (tertiary/aromatic N) is 2. The molecule has 0 saturated heterocycles. The molecule has 1 aliphatic carbocycles. The molecule has 2 heterocycles. The lowest BCUT2D eigenvalue weighted by Gasteiger charge is -2.28. The third-order valence-corrected chi connectivity index (χ3v) is 7.20. The maximum atomic E-state index is 10.1. The number of hydrogen-bond donors (Lipinski definition) is 3. The van der Waals surface area contributed by atoms with Crippen molar-refractivity contribution in [3.05, 3.63) is 112 Å². The number of anilines is 1. The van der Waals surface area contributed by atoms with Gasteiger partial charge in [0.2, 0.25) is 5.95 Å². The van der Waals surface area contributed by atoms with Crippen molar-refractivity contribution in [2.24, 2.45) is 0 Å². The molecular formula is C29H25ClN4O. The number of H-pyrrole nitrogens is 1. The summed E-state index contributed by atoms with van der Waals surface area (Å²) in [6, 6.07) is 24.4. The number of halogens is 1. The predicted molar refractivity (Wildman–Crippen MR) is 141 cm³/mol. The summed E-state index contributed by atoms with van der Waals surface area (Å²) in [5.74, 6) is 0.676. The SMILES string of the molecule is OCC(Cc1c[nH]c2ccccc12)Nc1ncc2c(n1)-c1ccccc1C(c1ccccc1Cl)C2. The quantitative estimate of drug-likeness (QED) is 0.279. The molecule has 2 aromatic heterocycles. The summed E-state index contributed by atoms with van der Waals surface area (Å²) >= 11 is 6.58. The van der Waals surface area contributed by atoms with E-state index in [1.54, 1.807) is 0 Å². The first-order chi connectivity index (χ1) is 17.2. The summed E-state index contributed by atoms with van der Waals surface area (Å²) in [5, 5.41) is 15.4. The normalized spacial score (nSPS) is 15.4. The summed E-state index contributed by atoms with van der Waals surface area (Å²) in [5.41, 5.74) is 7.71. The number of benzene rings is 3. The van der Waals surface area contributed by atoms with E-state index in [9.17, 15) is 5.11 Å². The molecule has 0 saturated carbocycles. The highest BCUT2D eigenvalue weighted by molar-refractivity contribution is 6.31. The molecule has 174 valence electrons. The van der Waals surface area contributed by atoms with Crippen molar-refractivity contribution < 1.29 is 5.11 Å². The van der Waals surface area contributed by atoms with Gasteiger partial charge in [-0.25, -0.2) is 9.97 Å². The first-order valence-electron chi connectivity index (χ1n) is 11.8. The second-order valence-corrected chi connectivity index (χ2v) is 9.43. The number of aliphatic hydroxyl groups is 1. The van der Waals surface area contributed by atoms with Crippen molar-refractivity contribution in [3.8, 4) is 11.3 Å². The van der Waals surface area contributed by atoms with Crippen molar-refractivity contribution in [1.29, 1.82) is 0 Å². The maximum Gasteiger partial charge on any atom is 0.223 e. The number of aromatic amines is 1. The van der Waals surface area contributed by atoms with Gasteiger partial charge < -0.3 is 15.4 Å². The van der Waals surface area contributed by atoms with Crippen LogP contribution in [0.3, 0.4) is 0 Å². The molecule has 0 aliphatic heterocycles. The summed E-state index contributed by atoms with van der Waals surface area (Å²) < 4.78 is 0. The Kier molecular flexibility index (Phi) is 5.72. The number of para-hydroxylation sites is 1. The van der Waals surface area contributed by atoms with Gasteiger partial charge in [0, 0.05) is 39.8 Å². The largest absolute Gasteiger partial charge is 0.394 e. The second kappa shape index (κ2) is 9.17. The number of fused-ring (bicyclic) bond motifs is 4. The summed E-state index contributed by atoms with van der Waals surface area (Å²) in [6.45, 7) is -0.0227. The van der Waals surface area contributed by atoms with Crippen molar-refractivity contribution in [3.63, 3.8) is 0 Å². The fourth-order valence-electron chi connectivity index (χ4n) is 5.15. The van der Waals surface area contributed by atoms with Crippen molar-refractivity contribution in [2.45, 2.75) is 24.8 Å². The topological polar surface area (TPSA) is 73.8 Å². The van der Waals surface area contributed by atoms with Gasteiger partial charge in [-0.3, -0.25) is 0 Å². The van der Waals surface area contributed by atoms with Crippen LogP contribution in [-0.4, -0.2) is 32.7 Å². The zero-order valence-corrected chi connectivity index (χ0v) is 19.8. The van der Waals surface area contributed by atoms with Crippen LogP contribution >= 0.6 is 11.6 Å². The number of hydrogen-bond acceptors (Lipinski definition) is 4. The Morgan fingerprint density at radius 3 is 2.63 bits per heavy atom. The number of aromatic nitrogens is 3. The van der Waals surface area contributed by atoms with Crippen LogP contribution in [0.2, 0.25) is 5.02 Å². The Hall–Kier alpha value is -3.67. The number of aliphatic hydroxyl groups excluding tert-OH is 1. The van der Waals surface area contributed by atoms with Crippen LogP contribution in [0.4, 0.5) is 5.95 Å². The molecule has 2 atom stereocenters. The van der Waals surface area contributed by atoms with Crippen LogP contribution in [0, 0.1) is 0 Å². The Bertz CT molecular complexity index is 1510. The Morgan fingerprint density at radius 2 is 1.77 bits per heavy atom. The molecule has 6 rings (SSSR count). The van der Waals surface area contributed by atoms with E-state index < -0.39 is 0 Å². The minimum atomic E-state index is -0.207. The molecule has 35 heavy (non-hydrogen) atoms. The predicted octanol–water partition coefficient (Wildman–Crippen LogP) is 5.98. The number of nitrogens with one attached hydrogen (secondary N) is 2. The zero-order valence-electron chi connectivity index (χ0n) is 19.1. The molecule has 3 aromatic carbocycles. The molecule has 6 heteroatoms. The highest BCUT2D eigenvalue weighted by Gasteiger charge is 2.28. The lowest BCUT2D eigenvalue weighted by Crippen LogP contribution is -2.27. The van der Waals surface area contributed by atoms with Crippen molar-refractivity contribution in [1.82, 2.24) is 15.0 Å². The Morgan fingerprint density at radius 1 is 1.00 bits per heavy atom. The molecule has 0 spiro atoms. The monoisotopic (exact) mass is 480 g/mol. The van der Waals surface area contributed by atoms with E-state index in [1.807, 2.05) is 48.8 Å². The molecule has 0 bridgehead atoms. The molecule has 0 fully saturated rings. The summed E-state index contributed by atoms with van der Waals surface area (Å²) in [4.78, 5) is 12.8. The minimum Gasteiger partial charge on any atom is -0.394 e. The van der Waals surface area contributed by atoms with E-state index in [0.717, 1.165) is 44.9 Å². The van der Waals surface area contributed by atoms with Gasteiger partial charge in [0.05, 0.1) is 18.3 Å². The fourth-order valence-corrected chi connectivity index (χ4v) is 5.42. The third kappa shape index (κ3) is 4.07. The lowest BCUT2D eigenvalue weighted by molar-refractivity contribution is 0.273. The van der Waals surface area contributed by atoms with Gasteiger partial charge in [0.1, 0.15) is 0 Å². The first kappa shape index (κ1) is 21.8. The van der Waals surface area contributed by atoms with Crippen LogP contribution in [0.15, 0.2) is 85.2 Å². The van der Waals surface area contributed by atoms with Crippen LogP contribution in [0.25, 0.3) is 22.2 Å².